The number of phosphoric acid groups is 2. The largest absolute Gasteiger partial charge is 0.472 e. The summed E-state index contributed by atoms with van der Waals surface area (Å²) in [5.74, 6) is -2.15. The Kier molecular flexibility index (Phi) is 53.0. The van der Waals surface area contributed by atoms with Crippen molar-refractivity contribution >= 4 is 39.5 Å². The van der Waals surface area contributed by atoms with Crippen LogP contribution in [0.4, 0.5) is 0 Å². The van der Waals surface area contributed by atoms with Crippen molar-refractivity contribution in [3.63, 3.8) is 0 Å². The molecule has 0 aliphatic carbocycles. The number of rotatable bonds is 60. The summed E-state index contributed by atoms with van der Waals surface area (Å²) in [7, 11) is -9.86. The highest BCUT2D eigenvalue weighted by Gasteiger charge is 2.30. The zero-order valence-corrected chi connectivity index (χ0v) is 51.4. The van der Waals surface area contributed by atoms with E-state index in [1.54, 1.807) is 0 Å². The van der Waals surface area contributed by atoms with E-state index in [2.05, 4.69) is 27.7 Å². The molecule has 0 saturated heterocycles. The van der Waals surface area contributed by atoms with Crippen molar-refractivity contribution in [1.82, 2.24) is 0 Å². The van der Waals surface area contributed by atoms with Crippen LogP contribution in [0.3, 0.4) is 0 Å². The molecule has 17 nitrogen and oxygen atoms in total. The van der Waals surface area contributed by atoms with Gasteiger partial charge in [-0.15, -0.1) is 0 Å². The van der Waals surface area contributed by atoms with E-state index in [1.807, 2.05) is 0 Å². The van der Waals surface area contributed by atoms with Gasteiger partial charge in [0.2, 0.25) is 0 Å². The summed E-state index contributed by atoms with van der Waals surface area (Å²) in [5, 5.41) is 10.5. The van der Waals surface area contributed by atoms with Gasteiger partial charge in [-0.25, -0.2) is 9.13 Å². The van der Waals surface area contributed by atoms with Gasteiger partial charge in [0.05, 0.1) is 26.4 Å². The van der Waals surface area contributed by atoms with Gasteiger partial charge in [-0.1, -0.05) is 246 Å². The SMILES string of the molecule is CCCCCCCCCCCCCCCCCC(=O)O[C@H](COC(=O)CCCCCCCCC)COP(=O)(O)OC[C@@H](O)COP(=O)(O)OC[C@@H](COC(=O)CCCCCCCC)OC(=O)CCCCCCCCCCCC. The quantitative estimate of drug-likeness (QED) is 0.0222. The van der Waals surface area contributed by atoms with Crippen LogP contribution in [0.2, 0.25) is 0 Å². The van der Waals surface area contributed by atoms with E-state index in [9.17, 15) is 43.2 Å². The van der Waals surface area contributed by atoms with Crippen molar-refractivity contribution in [3.8, 4) is 0 Å². The first kappa shape index (κ1) is 76.1. The number of aliphatic hydroxyl groups excluding tert-OH is 1. The Bertz CT molecular complexity index is 1520. The molecular weight excluding hydrogens is 1040 g/mol. The zero-order valence-electron chi connectivity index (χ0n) is 49.6. The lowest BCUT2D eigenvalue weighted by Gasteiger charge is -2.21. The van der Waals surface area contributed by atoms with Crippen LogP contribution < -0.4 is 0 Å². The van der Waals surface area contributed by atoms with E-state index in [0.29, 0.717) is 25.7 Å². The Labute approximate surface area is 473 Å². The van der Waals surface area contributed by atoms with E-state index in [-0.39, 0.29) is 25.7 Å². The number of esters is 4. The highest BCUT2D eigenvalue weighted by Crippen LogP contribution is 2.45. The topological polar surface area (TPSA) is 237 Å². The molecule has 2 unspecified atom stereocenters. The molecule has 0 radical (unpaired) electrons. The lowest BCUT2D eigenvalue weighted by atomic mass is 10.0. The van der Waals surface area contributed by atoms with Crippen LogP contribution in [0.1, 0.15) is 297 Å². The van der Waals surface area contributed by atoms with E-state index < -0.39 is 97.5 Å². The van der Waals surface area contributed by atoms with Crippen LogP contribution in [0.15, 0.2) is 0 Å². The predicted molar refractivity (Wildman–Crippen MR) is 308 cm³/mol. The third kappa shape index (κ3) is 53.4. The van der Waals surface area contributed by atoms with Crippen molar-refractivity contribution in [3.05, 3.63) is 0 Å². The minimum atomic E-state index is -4.93. The molecule has 0 rings (SSSR count). The number of aliphatic hydroxyl groups is 1. The molecule has 0 heterocycles. The number of ether oxygens (including phenoxy) is 4. The van der Waals surface area contributed by atoms with E-state index in [1.165, 1.54) is 103 Å². The third-order valence-corrected chi connectivity index (χ3v) is 15.5. The molecule has 5 atom stereocenters. The lowest BCUT2D eigenvalue weighted by Crippen LogP contribution is -2.30. The second kappa shape index (κ2) is 54.3. The van der Waals surface area contributed by atoms with Crippen LogP contribution in [0.5, 0.6) is 0 Å². The second-order valence-electron chi connectivity index (χ2n) is 21.4. The van der Waals surface area contributed by atoms with E-state index in [4.69, 9.17) is 37.0 Å². The number of hydrogen-bond acceptors (Lipinski definition) is 15. The van der Waals surface area contributed by atoms with E-state index >= 15 is 0 Å². The number of carbonyl (C=O) groups is 4. The Morgan fingerprint density at radius 2 is 0.513 bits per heavy atom. The number of phosphoric ester groups is 2. The maximum atomic E-state index is 12.9. The molecule has 0 bridgehead atoms. The molecule has 462 valence electrons. The van der Waals surface area contributed by atoms with E-state index in [0.717, 1.165) is 116 Å². The minimum Gasteiger partial charge on any atom is -0.462 e. The van der Waals surface area contributed by atoms with Crippen molar-refractivity contribution < 1.29 is 80.2 Å². The summed E-state index contributed by atoms with van der Waals surface area (Å²) in [4.78, 5) is 71.7. The average molecular weight is 1160 g/mol. The zero-order chi connectivity index (χ0) is 57.6. The molecule has 3 N–H and O–H groups in total. The monoisotopic (exact) mass is 1160 g/mol. The molecule has 0 aromatic carbocycles. The molecule has 19 heteroatoms. The van der Waals surface area contributed by atoms with Gasteiger partial charge in [0.25, 0.3) is 0 Å². The fourth-order valence-corrected chi connectivity index (χ4v) is 10.3. The summed E-state index contributed by atoms with van der Waals surface area (Å²) in [5.41, 5.74) is 0. The Hall–Kier alpha value is -1.94. The maximum Gasteiger partial charge on any atom is 0.472 e. The van der Waals surface area contributed by atoms with Crippen molar-refractivity contribution in [1.29, 1.82) is 0 Å². The fraction of sp³-hybridized carbons (Fsp3) is 0.932. The lowest BCUT2D eigenvalue weighted by molar-refractivity contribution is -0.161. The number of unbranched alkanes of at least 4 members (excludes halogenated alkanes) is 34. The first-order valence-electron chi connectivity index (χ1n) is 31.3. The first-order valence-corrected chi connectivity index (χ1v) is 34.3. The first-order chi connectivity index (χ1) is 37.7. The van der Waals surface area contributed by atoms with Crippen LogP contribution in [0.25, 0.3) is 0 Å². The number of hydrogen-bond donors (Lipinski definition) is 3. The molecule has 0 aromatic heterocycles. The molecule has 0 spiro atoms. The summed E-state index contributed by atoms with van der Waals surface area (Å²) in [6.45, 7) is 4.75. The third-order valence-electron chi connectivity index (χ3n) is 13.6. The standard InChI is InChI=1S/C59H114O17P2/c1-5-9-13-17-21-23-25-26-27-28-29-31-34-38-42-46-59(64)76-55(50-70-57(62)44-40-36-32-19-15-11-7-3)52-74-78(67,68)72-48-53(60)47-71-77(65,66)73-51-54(49-69-56(61)43-39-35-20-16-12-8-4)75-58(63)45-41-37-33-30-24-22-18-14-10-6-2/h53-55,60H,5-52H2,1-4H3,(H,65,66)(H,67,68)/t53-,54+,55+/m0/s1. The normalized spacial score (nSPS) is 14.3. The van der Waals surface area contributed by atoms with Gasteiger partial charge in [0.15, 0.2) is 12.2 Å². The van der Waals surface area contributed by atoms with Gasteiger partial charge < -0.3 is 33.8 Å². The molecule has 78 heavy (non-hydrogen) atoms. The molecule has 0 aliphatic heterocycles. The van der Waals surface area contributed by atoms with Crippen molar-refractivity contribution in [2.24, 2.45) is 0 Å². The molecule has 0 fully saturated rings. The predicted octanol–water partition coefficient (Wildman–Crippen LogP) is 16.0. The molecule has 0 amide bonds. The van der Waals surface area contributed by atoms with Gasteiger partial charge in [-0.05, 0) is 25.7 Å². The van der Waals surface area contributed by atoms with Gasteiger partial charge >= 0.3 is 39.5 Å². The highest BCUT2D eigenvalue weighted by molar-refractivity contribution is 7.47. The van der Waals surface area contributed by atoms with Crippen molar-refractivity contribution in [2.45, 2.75) is 316 Å². The van der Waals surface area contributed by atoms with Crippen LogP contribution in [-0.4, -0.2) is 96.7 Å². The second-order valence-corrected chi connectivity index (χ2v) is 24.3. The molecule has 0 saturated carbocycles. The minimum absolute atomic E-state index is 0.106. The Balaban J connectivity index is 5.14. The Morgan fingerprint density at radius 3 is 0.756 bits per heavy atom. The summed E-state index contributed by atoms with van der Waals surface area (Å²) in [6.07, 6.45) is 37.8. The van der Waals surface area contributed by atoms with Gasteiger partial charge in [0, 0.05) is 25.7 Å². The van der Waals surface area contributed by atoms with Crippen molar-refractivity contribution in [2.75, 3.05) is 39.6 Å². The van der Waals surface area contributed by atoms with Gasteiger partial charge in [-0.2, -0.15) is 0 Å². The number of carbonyl (C=O) groups excluding carboxylic acids is 4. The average Bonchev–Trinajstić information content (AvgIpc) is 3.41. The summed E-state index contributed by atoms with van der Waals surface area (Å²) in [6, 6.07) is 0. The highest BCUT2D eigenvalue weighted by atomic mass is 31.2. The van der Waals surface area contributed by atoms with Crippen LogP contribution in [0, 0.1) is 0 Å². The molecule has 0 aliphatic rings. The summed E-state index contributed by atoms with van der Waals surface area (Å²) >= 11 is 0. The smallest absolute Gasteiger partial charge is 0.462 e. The van der Waals surface area contributed by atoms with Crippen LogP contribution >= 0.6 is 15.6 Å². The maximum absolute atomic E-state index is 12.9. The van der Waals surface area contributed by atoms with Gasteiger partial charge in [0.1, 0.15) is 19.3 Å². The molecular formula is C59H114O17P2. The Morgan fingerprint density at radius 1 is 0.308 bits per heavy atom. The fourth-order valence-electron chi connectivity index (χ4n) is 8.75. The summed E-state index contributed by atoms with van der Waals surface area (Å²) < 4.78 is 67.5. The van der Waals surface area contributed by atoms with Crippen LogP contribution in [-0.2, 0) is 65.4 Å². The molecule has 0 aromatic rings. The van der Waals surface area contributed by atoms with Gasteiger partial charge in [-0.3, -0.25) is 37.3 Å².